The van der Waals surface area contributed by atoms with Crippen LogP contribution in [0.4, 0.5) is 5.13 Å². The largest absolute Gasteiger partial charge is 0.504 e. The van der Waals surface area contributed by atoms with Crippen molar-refractivity contribution in [3.05, 3.63) is 23.8 Å². The summed E-state index contributed by atoms with van der Waals surface area (Å²) in [6.07, 6.45) is 0. The molecule has 0 radical (unpaired) electrons. The summed E-state index contributed by atoms with van der Waals surface area (Å²) in [5.74, 6) is -0.488. The van der Waals surface area contributed by atoms with Gasteiger partial charge in [0.2, 0.25) is 5.13 Å². The Morgan fingerprint density at radius 2 is 2.35 bits per heavy atom. The molecule has 0 aliphatic rings. The van der Waals surface area contributed by atoms with E-state index in [0.29, 0.717) is 0 Å². The number of aromatic hydroxyl groups is 1. The van der Waals surface area contributed by atoms with Gasteiger partial charge in [0, 0.05) is 11.5 Å². The normalized spacial score (nSPS) is 9.94. The minimum atomic E-state index is -0.500. The second-order valence-corrected chi connectivity index (χ2v) is 3.71. The van der Waals surface area contributed by atoms with Crippen LogP contribution in [0.1, 0.15) is 10.4 Å². The molecule has 2 N–H and O–H groups in total. The van der Waals surface area contributed by atoms with E-state index in [1.165, 1.54) is 13.2 Å². The van der Waals surface area contributed by atoms with Crippen LogP contribution in [0.3, 0.4) is 0 Å². The molecule has 1 aromatic heterocycles. The molecule has 0 fully saturated rings. The number of amides is 1. The van der Waals surface area contributed by atoms with E-state index in [9.17, 15) is 9.90 Å². The SMILES string of the molecule is COc1cccc(C(=O)Nc2nnns2)c1O. The third-order valence-corrected chi connectivity index (χ3v) is 2.49. The van der Waals surface area contributed by atoms with E-state index in [2.05, 4.69) is 20.1 Å². The minimum Gasteiger partial charge on any atom is -0.504 e. The number of phenols is 1. The molecule has 0 atom stereocenters. The van der Waals surface area contributed by atoms with Crippen LogP contribution in [0.25, 0.3) is 0 Å². The Morgan fingerprint density at radius 1 is 1.53 bits per heavy atom. The third kappa shape index (κ3) is 2.31. The van der Waals surface area contributed by atoms with E-state index in [4.69, 9.17) is 4.74 Å². The lowest BCUT2D eigenvalue weighted by Crippen LogP contribution is -2.12. The first-order valence-electron chi connectivity index (χ1n) is 4.54. The number of hydrogen-bond donors (Lipinski definition) is 2. The van der Waals surface area contributed by atoms with Gasteiger partial charge in [0.15, 0.2) is 11.5 Å². The van der Waals surface area contributed by atoms with Crippen LogP contribution in [0.5, 0.6) is 11.5 Å². The lowest BCUT2D eigenvalue weighted by Gasteiger charge is -2.07. The number of nitrogens with one attached hydrogen (secondary N) is 1. The predicted octanol–water partition coefficient (Wildman–Crippen LogP) is 0.900. The van der Waals surface area contributed by atoms with Gasteiger partial charge in [-0.05, 0) is 17.3 Å². The predicted molar refractivity (Wildman–Crippen MR) is 60.3 cm³/mol. The van der Waals surface area contributed by atoms with E-state index in [1.807, 2.05) is 0 Å². The third-order valence-electron chi connectivity index (χ3n) is 1.98. The molecule has 0 unspecified atom stereocenters. The molecule has 0 spiro atoms. The first-order chi connectivity index (χ1) is 8.22. The van der Waals surface area contributed by atoms with Gasteiger partial charge in [-0.2, -0.15) is 0 Å². The Labute approximate surface area is 100 Å². The summed E-state index contributed by atoms with van der Waals surface area (Å²) in [6.45, 7) is 0. The molecule has 8 heteroatoms. The van der Waals surface area contributed by atoms with Gasteiger partial charge in [-0.1, -0.05) is 15.7 Å². The van der Waals surface area contributed by atoms with E-state index < -0.39 is 5.91 Å². The fourth-order valence-corrected chi connectivity index (χ4v) is 1.58. The number of hydrogen-bond acceptors (Lipinski definition) is 7. The molecule has 88 valence electrons. The number of methoxy groups -OCH3 is 1. The minimum absolute atomic E-state index is 0.0968. The molecule has 1 aromatic carbocycles. The van der Waals surface area contributed by atoms with Crippen LogP contribution in [0.15, 0.2) is 18.2 Å². The van der Waals surface area contributed by atoms with E-state index in [-0.39, 0.29) is 22.2 Å². The van der Waals surface area contributed by atoms with Gasteiger partial charge in [-0.3, -0.25) is 10.1 Å². The number of anilines is 1. The molecule has 17 heavy (non-hydrogen) atoms. The van der Waals surface area contributed by atoms with Crippen molar-refractivity contribution in [3.8, 4) is 11.5 Å². The highest BCUT2D eigenvalue weighted by Gasteiger charge is 2.15. The smallest absolute Gasteiger partial charge is 0.261 e. The Bertz CT molecular complexity index is 529. The fraction of sp³-hybridized carbons (Fsp3) is 0.111. The summed E-state index contributed by atoms with van der Waals surface area (Å²) in [6, 6.07) is 4.63. The molecular formula is C9H8N4O3S. The number of phenolic OH excluding ortho intramolecular Hbond substituents is 1. The van der Waals surface area contributed by atoms with Crippen LogP contribution in [-0.2, 0) is 0 Å². The fourth-order valence-electron chi connectivity index (χ4n) is 1.22. The summed E-state index contributed by atoms with van der Waals surface area (Å²) in [5, 5.41) is 19.4. The van der Waals surface area contributed by atoms with Crippen LogP contribution in [0, 0.1) is 0 Å². The van der Waals surface area contributed by atoms with Gasteiger partial charge in [0.25, 0.3) is 5.91 Å². The van der Waals surface area contributed by atoms with Crippen LogP contribution in [-0.4, -0.2) is 32.9 Å². The topological polar surface area (TPSA) is 97.2 Å². The Balaban J connectivity index is 2.25. The van der Waals surface area contributed by atoms with Crippen molar-refractivity contribution < 1.29 is 14.6 Å². The van der Waals surface area contributed by atoms with Crippen molar-refractivity contribution >= 4 is 22.6 Å². The lowest BCUT2D eigenvalue weighted by molar-refractivity contribution is 0.102. The van der Waals surface area contributed by atoms with Gasteiger partial charge in [0.1, 0.15) is 0 Å². The summed E-state index contributed by atoms with van der Waals surface area (Å²) >= 11 is 0.945. The van der Waals surface area contributed by atoms with Crippen molar-refractivity contribution in [2.45, 2.75) is 0 Å². The second kappa shape index (κ2) is 4.74. The second-order valence-electron chi connectivity index (χ2n) is 2.98. The number of para-hydroxylation sites is 1. The average Bonchev–Trinajstić information content (AvgIpc) is 2.82. The summed E-state index contributed by atoms with van der Waals surface area (Å²) < 4.78 is 8.41. The van der Waals surface area contributed by atoms with Gasteiger partial charge in [-0.15, -0.1) is 0 Å². The zero-order valence-electron chi connectivity index (χ0n) is 8.75. The highest BCUT2D eigenvalue weighted by Crippen LogP contribution is 2.29. The monoisotopic (exact) mass is 252 g/mol. The maximum atomic E-state index is 11.8. The molecule has 0 saturated carbocycles. The Morgan fingerprint density at radius 3 is 3.00 bits per heavy atom. The van der Waals surface area contributed by atoms with Crippen molar-refractivity contribution in [1.82, 2.24) is 14.8 Å². The van der Waals surface area contributed by atoms with Crippen molar-refractivity contribution in [2.24, 2.45) is 0 Å². The zero-order valence-corrected chi connectivity index (χ0v) is 9.56. The standard InChI is InChI=1S/C9H8N4O3S/c1-16-6-4-2-3-5(7(6)14)8(15)10-9-11-12-13-17-9/h2-4,14H,1H3,(H,10,11,13,15). The summed E-state index contributed by atoms with van der Waals surface area (Å²) in [7, 11) is 1.41. The first kappa shape index (κ1) is 11.3. The van der Waals surface area contributed by atoms with Gasteiger partial charge in [-0.25, -0.2) is 0 Å². The number of benzene rings is 1. The zero-order chi connectivity index (χ0) is 12.3. The summed E-state index contributed by atoms with van der Waals surface area (Å²) in [5.41, 5.74) is 0.0968. The molecular weight excluding hydrogens is 244 g/mol. The van der Waals surface area contributed by atoms with Crippen molar-refractivity contribution in [2.75, 3.05) is 12.4 Å². The average molecular weight is 252 g/mol. The molecule has 2 rings (SSSR count). The molecule has 0 aliphatic carbocycles. The van der Waals surface area contributed by atoms with E-state index >= 15 is 0 Å². The molecule has 2 aromatic rings. The number of carbonyl (C=O) groups excluding carboxylic acids is 1. The van der Waals surface area contributed by atoms with Crippen molar-refractivity contribution in [1.29, 1.82) is 0 Å². The quantitative estimate of drug-likeness (QED) is 0.842. The van der Waals surface area contributed by atoms with E-state index in [1.54, 1.807) is 12.1 Å². The number of carbonyl (C=O) groups is 1. The molecule has 0 aliphatic heterocycles. The highest BCUT2D eigenvalue weighted by molar-refractivity contribution is 7.09. The number of rotatable bonds is 3. The van der Waals surface area contributed by atoms with Gasteiger partial charge < -0.3 is 9.84 Å². The van der Waals surface area contributed by atoms with Crippen LogP contribution < -0.4 is 10.1 Å². The Hall–Kier alpha value is -2.22. The molecule has 7 nitrogen and oxygen atoms in total. The number of ether oxygens (including phenoxy) is 1. The highest BCUT2D eigenvalue weighted by atomic mass is 32.1. The van der Waals surface area contributed by atoms with Gasteiger partial charge >= 0.3 is 0 Å². The Kier molecular flexibility index (Phi) is 3.15. The molecule has 1 amide bonds. The van der Waals surface area contributed by atoms with Crippen molar-refractivity contribution in [3.63, 3.8) is 0 Å². The number of nitrogens with zero attached hydrogens (tertiary/aromatic N) is 3. The summed E-state index contributed by atoms with van der Waals surface area (Å²) in [4.78, 5) is 11.8. The van der Waals surface area contributed by atoms with E-state index in [0.717, 1.165) is 11.5 Å². The first-order valence-corrected chi connectivity index (χ1v) is 5.32. The van der Waals surface area contributed by atoms with Crippen LogP contribution in [0.2, 0.25) is 0 Å². The van der Waals surface area contributed by atoms with Crippen LogP contribution >= 0.6 is 11.5 Å². The van der Waals surface area contributed by atoms with Gasteiger partial charge in [0.05, 0.1) is 12.7 Å². The molecule has 0 bridgehead atoms. The maximum Gasteiger partial charge on any atom is 0.261 e. The molecule has 1 heterocycles. The lowest BCUT2D eigenvalue weighted by atomic mass is 10.2. The molecule has 0 saturated heterocycles. The number of aromatic nitrogens is 3. The maximum absolute atomic E-state index is 11.8.